The van der Waals surface area contributed by atoms with E-state index in [-0.39, 0.29) is 0 Å². The standard InChI is InChI=1S/C11H15N/c1-9-3-2-4-10(7-9)11-5-6-12-8-11/h2-4,7,11-12H,5-6,8H2,1H3/t11-/m1/s1. The van der Waals surface area contributed by atoms with Gasteiger partial charge in [0.25, 0.3) is 0 Å². The van der Waals surface area contributed by atoms with Crippen LogP contribution in [0.4, 0.5) is 0 Å². The number of nitrogens with one attached hydrogen (secondary N) is 1. The van der Waals surface area contributed by atoms with Crippen molar-refractivity contribution in [3.63, 3.8) is 0 Å². The van der Waals surface area contributed by atoms with E-state index in [4.69, 9.17) is 0 Å². The van der Waals surface area contributed by atoms with E-state index in [1.165, 1.54) is 24.1 Å². The minimum Gasteiger partial charge on any atom is -0.316 e. The first-order valence-electron chi connectivity index (χ1n) is 4.63. The fourth-order valence-electron chi connectivity index (χ4n) is 1.86. The third kappa shape index (κ3) is 1.51. The molecular weight excluding hydrogens is 146 g/mol. The van der Waals surface area contributed by atoms with Crippen LogP contribution in [0.2, 0.25) is 0 Å². The van der Waals surface area contributed by atoms with Crippen molar-refractivity contribution in [2.45, 2.75) is 19.3 Å². The van der Waals surface area contributed by atoms with Gasteiger partial charge in [-0.1, -0.05) is 29.8 Å². The number of hydrogen-bond donors (Lipinski definition) is 1. The van der Waals surface area contributed by atoms with Crippen molar-refractivity contribution in [3.8, 4) is 0 Å². The first-order valence-corrected chi connectivity index (χ1v) is 4.63. The Labute approximate surface area is 73.8 Å². The van der Waals surface area contributed by atoms with Crippen molar-refractivity contribution in [2.24, 2.45) is 0 Å². The van der Waals surface area contributed by atoms with Crippen molar-refractivity contribution in [2.75, 3.05) is 13.1 Å². The number of benzene rings is 1. The molecule has 1 fully saturated rings. The average Bonchev–Trinajstić information content (AvgIpc) is 2.56. The fraction of sp³-hybridized carbons (Fsp3) is 0.455. The second-order valence-corrected chi connectivity index (χ2v) is 3.60. The van der Waals surface area contributed by atoms with Gasteiger partial charge in [0.2, 0.25) is 0 Å². The van der Waals surface area contributed by atoms with Crippen molar-refractivity contribution in [1.82, 2.24) is 5.32 Å². The summed E-state index contributed by atoms with van der Waals surface area (Å²) in [6.07, 6.45) is 1.30. The molecule has 1 aliphatic heterocycles. The Kier molecular flexibility index (Phi) is 2.13. The Morgan fingerprint density at radius 1 is 1.42 bits per heavy atom. The first kappa shape index (κ1) is 7.81. The fourth-order valence-corrected chi connectivity index (χ4v) is 1.86. The molecular formula is C11H15N. The van der Waals surface area contributed by atoms with Crippen molar-refractivity contribution in [1.29, 1.82) is 0 Å². The van der Waals surface area contributed by atoms with Gasteiger partial charge >= 0.3 is 0 Å². The summed E-state index contributed by atoms with van der Waals surface area (Å²) in [6, 6.07) is 8.86. The lowest BCUT2D eigenvalue weighted by Gasteiger charge is -2.08. The molecule has 1 atom stereocenters. The highest BCUT2D eigenvalue weighted by atomic mass is 14.9. The molecule has 0 radical (unpaired) electrons. The van der Waals surface area contributed by atoms with E-state index < -0.39 is 0 Å². The molecule has 0 unspecified atom stereocenters. The topological polar surface area (TPSA) is 12.0 Å². The summed E-state index contributed by atoms with van der Waals surface area (Å²) in [5.74, 6) is 0.755. The van der Waals surface area contributed by atoms with E-state index in [1.807, 2.05) is 0 Å². The molecule has 1 heteroatoms. The van der Waals surface area contributed by atoms with Crippen LogP contribution in [0.3, 0.4) is 0 Å². The summed E-state index contributed by atoms with van der Waals surface area (Å²) in [7, 11) is 0. The molecule has 0 amide bonds. The lowest BCUT2D eigenvalue weighted by Crippen LogP contribution is -2.07. The third-order valence-electron chi connectivity index (χ3n) is 2.57. The van der Waals surface area contributed by atoms with Gasteiger partial charge in [0, 0.05) is 6.54 Å². The lowest BCUT2D eigenvalue weighted by atomic mass is 9.97. The Bertz CT molecular complexity index is 261. The molecule has 1 saturated heterocycles. The summed E-state index contributed by atoms with van der Waals surface area (Å²) in [5, 5.41) is 3.39. The summed E-state index contributed by atoms with van der Waals surface area (Å²) >= 11 is 0. The van der Waals surface area contributed by atoms with Crippen LogP contribution in [0.15, 0.2) is 24.3 Å². The number of aryl methyl sites for hydroxylation is 1. The van der Waals surface area contributed by atoms with E-state index in [0.29, 0.717) is 0 Å². The maximum absolute atomic E-state index is 3.39. The van der Waals surface area contributed by atoms with Crippen LogP contribution in [-0.2, 0) is 0 Å². The highest BCUT2D eigenvalue weighted by Crippen LogP contribution is 2.22. The quantitative estimate of drug-likeness (QED) is 0.665. The second-order valence-electron chi connectivity index (χ2n) is 3.60. The summed E-state index contributed by atoms with van der Waals surface area (Å²) < 4.78 is 0. The predicted molar refractivity (Wildman–Crippen MR) is 51.4 cm³/mol. The third-order valence-corrected chi connectivity index (χ3v) is 2.57. The molecule has 1 heterocycles. The minimum absolute atomic E-state index is 0.755. The summed E-state index contributed by atoms with van der Waals surface area (Å²) in [5.41, 5.74) is 2.87. The average molecular weight is 161 g/mol. The van der Waals surface area contributed by atoms with Gasteiger partial charge in [0.05, 0.1) is 0 Å². The highest BCUT2D eigenvalue weighted by molar-refractivity contribution is 5.26. The molecule has 1 nitrogen and oxygen atoms in total. The molecule has 1 aromatic rings. The zero-order valence-corrected chi connectivity index (χ0v) is 7.51. The second kappa shape index (κ2) is 3.28. The molecule has 1 aliphatic rings. The van der Waals surface area contributed by atoms with Gasteiger partial charge in [0.1, 0.15) is 0 Å². The predicted octanol–water partition coefficient (Wildman–Crippen LogP) is 2.07. The summed E-state index contributed by atoms with van der Waals surface area (Å²) in [4.78, 5) is 0. The Morgan fingerprint density at radius 2 is 2.33 bits per heavy atom. The maximum Gasteiger partial charge on any atom is 0.00206 e. The minimum atomic E-state index is 0.755. The molecule has 2 rings (SSSR count). The van der Waals surface area contributed by atoms with E-state index in [1.54, 1.807) is 0 Å². The van der Waals surface area contributed by atoms with E-state index in [2.05, 4.69) is 36.5 Å². The van der Waals surface area contributed by atoms with Crippen LogP contribution in [-0.4, -0.2) is 13.1 Å². The van der Waals surface area contributed by atoms with Gasteiger partial charge in [-0.15, -0.1) is 0 Å². The van der Waals surface area contributed by atoms with Gasteiger partial charge in [0.15, 0.2) is 0 Å². The molecule has 1 aromatic carbocycles. The zero-order valence-electron chi connectivity index (χ0n) is 7.51. The molecule has 0 aliphatic carbocycles. The molecule has 12 heavy (non-hydrogen) atoms. The van der Waals surface area contributed by atoms with Crippen molar-refractivity contribution >= 4 is 0 Å². The molecule has 0 saturated carbocycles. The van der Waals surface area contributed by atoms with Crippen LogP contribution in [0.1, 0.15) is 23.5 Å². The van der Waals surface area contributed by atoms with Crippen LogP contribution < -0.4 is 5.32 Å². The van der Waals surface area contributed by atoms with E-state index >= 15 is 0 Å². The molecule has 1 N–H and O–H groups in total. The largest absolute Gasteiger partial charge is 0.316 e. The highest BCUT2D eigenvalue weighted by Gasteiger charge is 2.15. The smallest absolute Gasteiger partial charge is 0.00206 e. The van der Waals surface area contributed by atoms with Crippen LogP contribution >= 0.6 is 0 Å². The van der Waals surface area contributed by atoms with E-state index in [9.17, 15) is 0 Å². The van der Waals surface area contributed by atoms with Gasteiger partial charge in [-0.05, 0) is 31.4 Å². The first-order chi connectivity index (χ1) is 5.86. The molecule has 0 bridgehead atoms. The van der Waals surface area contributed by atoms with Crippen molar-refractivity contribution in [3.05, 3.63) is 35.4 Å². The van der Waals surface area contributed by atoms with Crippen LogP contribution in [0.25, 0.3) is 0 Å². The monoisotopic (exact) mass is 161 g/mol. The van der Waals surface area contributed by atoms with Crippen LogP contribution in [0, 0.1) is 6.92 Å². The van der Waals surface area contributed by atoms with Crippen molar-refractivity contribution < 1.29 is 0 Å². The molecule has 0 aromatic heterocycles. The maximum atomic E-state index is 3.39. The summed E-state index contributed by atoms with van der Waals surface area (Å²) in [6.45, 7) is 4.49. The zero-order chi connectivity index (χ0) is 8.39. The van der Waals surface area contributed by atoms with Gasteiger partial charge in [-0.25, -0.2) is 0 Å². The molecule has 0 spiro atoms. The SMILES string of the molecule is Cc1cccc([C@@H]2CCNC2)c1. The molecule has 64 valence electrons. The van der Waals surface area contributed by atoms with E-state index in [0.717, 1.165) is 12.5 Å². The Hall–Kier alpha value is -0.820. The van der Waals surface area contributed by atoms with Gasteiger partial charge < -0.3 is 5.32 Å². The normalized spacial score (nSPS) is 22.9. The van der Waals surface area contributed by atoms with Gasteiger partial charge in [-0.3, -0.25) is 0 Å². The lowest BCUT2D eigenvalue weighted by molar-refractivity contribution is 0.762. The Balaban J connectivity index is 2.21. The van der Waals surface area contributed by atoms with Crippen LogP contribution in [0.5, 0.6) is 0 Å². The number of rotatable bonds is 1. The number of hydrogen-bond acceptors (Lipinski definition) is 1. The Morgan fingerprint density at radius 3 is 3.00 bits per heavy atom. The van der Waals surface area contributed by atoms with Gasteiger partial charge in [-0.2, -0.15) is 0 Å².